The Bertz CT molecular complexity index is 427. The molecule has 0 saturated carbocycles. The molecular weight excluding hydrogens is 302 g/mol. The molecule has 0 radical (unpaired) electrons. The molecule has 1 fully saturated rings. The van der Waals surface area contributed by atoms with Crippen molar-refractivity contribution < 1.29 is 18.2 Å². The normalized spacial score (nSPS) is 15.2. The van der Waals surface area contributed by atoms with Crippen molar-refractivity contribution in [3.05, 3.63) is 17.7 Å². The Balaban J connectivity index is 0.00000116. The van der Waals surface area contributed by atoms with Crippen LogP contribution in [0.1, 0.15) is 32.8 Å². The first-order valence-electron chi connectivity index (χ1n) is 7.66. The van der Waals surface area contributed by atoms with Gasteiger partial charge in [0.15, 0.2) is 11.5 Å². The van der Waals surface area contributed by atoms with Crippen molar-refractivity contribution in [3.8, 4) is 17.2 Å². The van der Waals surface area contributed by atoms with E-state index in [0.717, 1.165) is 12.0 Å². The summed E-state index contributed by atoms with van der Waals surface area (Å²) in [5.74, 6) is 1.54. The van der Waals surface area contributed by atoms with Crippen molar-refractivity contribution in [2.24, 2.45) is 0 Å². The van der Waals surface area contributed by atoms with Crippen molar-refractivity contribution in [2.45, 2.75) is 39.7 Å². The summed E-state index contributed by atoms with van der Waals surface area (Å²) >= 11 is 0.283. The Kier molecular flexibility index (Phi) is 8.45. The molecule has 1 aromatic carbocycles. The fourth-order valence-corrected chi connectivity index (χ4v) is 2.66. The quantitative estimate of drug-likeness (QED) is 0.767. The van der Waals surface area contributed by atoms with Gasteiger partial charge in [0.25, 0.3) is 0 Å². The molecule has 126 valence electrons. The largest absolute Gasteiger partial charge is 0.493 e. The van der Waals surface area contributed by atoms with Gasteiger partial charge in [0.05, 0.1) is 14.2 Å². The first-order chi connectivity index (χ1) is 10.7. The zero-order chi connectivity index (χ0) is 16.5. The number of nitrogens with zero attached hydrogens (tertiary/aromatic N) is 1. The van der Waals surface area contributed by atoms with E-state index in [4.69, 9.17) is 18.2 Å². The van der Waals surface area contributed by atoms with Crippen LogP contribution in [0.2, 0.25) is 0 Å². The molecule has 1 heterocycles. The Morgan fingerprint density at radius 1 is 1.18 bits per heavy atom. The lowest BCUT2D eigenvalue weighted by atomic mass is 10.0. The van der Waals surface area contributed by atoms with Crippen LogP contribution in [0.5, 0.6) is 17.2 Å². The Morgan fingerprint density at radius 2 is 1.73 bits per heavy atom. The van der Waals surface area contributed by atoms with Gasteiger partial charge in [0, 0.05) is 6.04 Å². The van der Waals surface area contributed by atoms with Gasteiger partial charge in [0.1, 0.15) is 0 Å². The molecule has 6 heteroatoms. The Hall–Kier alpha value is -1.11. The smallest absolute Gasteiger partial charge is 0.223 e. The van der Waals surface area contributed by atoms with E-state index in [1.165, 1.54) is 19.5 Å². The second-order valence-corrected chi connectivity index (χ2v) is 5.25. The number of rotatable bonds is 7. The third-order valence-electron chi connectivity index (χ3n) is 3.69. The van der Waals surface area contributed by atoms with Crippen LogP contribution in [-0.4, -0.2) is 42.8 Å². The highest BCUT2D eigenvalue weighted by atomic mass is 32.2. The maximum absolute atomic E-state index is 8.86. The minimum absolute atomic E-state index is 0.283. The minimum Gasteiger partial charge on any atom is -0.493 e. The zero-order valence-corrected chi connectivity index (χ0v) is 14.9. The summed E-state index contributed by atoms with van der Waals surface area (Å²) in [4.78, 5) is 2.45. The molecule has 1 N–H and O–H groups in total. The summed E-state index contributed by atoms with van der Waals surface area (Å²) in [5, 5.41) is 0. The number of methoxy groups -OCH3 is 2. The number of ether oxygens (including phenoxy) is 2. The highest BCUT2D eigenvalue weighted by Gasteiger charge is 2.22. The van der Waals surface area contributed by atoms with E-state index in [9.17, 15) is 0 Å². The van der Waals surface area contributed by atoms with E-state index in [1.54, 1.807) is 14.2 Å². The number of benzene rings is 1. The topological polar surface area (TPSA) is 51.2 Å². The molecule has 1 aliphatic rings. The maximum atomic E-state index is 8.86. The van der Waals surface area contributed by atoms with Gasteiger partial charge < -0.3 is 18.6 Å². The van der Waals surface area contributed by atoms with E-state index < -0.39 is 0 Å². The van der Waals surface area contributed by atoms with Gasteiger partial charge >= 0.3 is 0 Å². The number of likely N-dealkylation sites (tertiary alicyclic amines) is 1. The van der Waals surface area contributed by atoms with Crippen LogP contribution >= 0.6 is 12.3 Å². The lowest BCUT2D eigenvalue weighted by molar-refractivity contribution is 0.128. The van der Waals surface area contributed by atoms with E-state index in [-0.39, 0.29) is 12.3 Å². The van der Waals surface area contributed by atoms with E-state index in [1.807, 2.05) is 26.0 Å². The van der Waals surface area contributed by atoms with Crippen LogP contribution in [0.15, 0.2) is 12.1 Å². The molecule has 0 spiro atoms. The van der Waals surface area contributed by atoms with Crippen molar-refractivity contribution in [1.82, 2.24) is 4.90 Å². The van der Waals surface area contributed by atoms with Crippen molar-refractivity contribution in [2.75, 3.05) is 27.3 Å². The van der Waals surface area contributed by atoms with Gasteiger partial charge in [-0.05, 0) is 50.6 Å². The summed E-state index contributed by atoms with van der Waals surface area (Å²) in [6.45, 7) is 8.58. The summed E-state index contributed by atoms with van der Waals surface area (Å²) in [5.41, 5.74) is 1.13. The van der Waals surface area contributed by atoms with Crippen LogP contribution in [0.25, 0.3) is 0 Å². The molecule has 0 aromatic heterocycles. The van der Waals surface area contributed by atoms with Gasteiger partial charge in [-0.15, -0.1) is 0 Å². The van der Waals surface area contributed by atoms with Gasteiger partial charge in [0.2, 0.25) is 18.1 Å². The lowest BCUT2D eigenvalue weighted by Crippen LogP contribution is -2.44. The van der Waals surface area contributed by atoms with E-state index in [0.29, 0.717) is 23.3 Å². The van der Waals surface area contributed by atoms with Crippen LogP contribution in [0.4, 0.5) is 0 Å². The lowest BCUT2D eigenvalue weighted by Gasteiger charge is -2.36. The fourth-order valence-electron chi connectivity index (χ4n) is 2.42. The summed E-state index contributed by atoms with van der Waals surface area (Å²) in [6.07, 6.45) is 2.22. The number of hydrogen-bond acceptors (Lipinski definition) is 6. The molecule has 0 amide bonds. The standard InChI is InChI=1S/C14H21NO4S.C2H6/c1-10(15-5-4-6-15)7-11-8-12(17-2)14(19-20-16)13(9-11)18-3;1-2/h8-10,16H,4-7H2,1-3H3;1-2H3. The van der Waals surface area contributed by atoms with Crippen molar-refractivity contribution in [1.29, 1.82) is 0 Å². The monoisotopic (exact) mass is 329 g/mol. The molecule has 2 rings (SSSR count). The van der Waals surface area contributed by atoms with Crippen LogP contribution in [-0.2, 0) is 6.42 Å². The molecular formula is C16H27NO4S. The van der Waals surface area contributed by atoms with E-state index in [2.05, 4.69) is 11.8 Å². The highest BCUT2D eigenvalue weighted by molar-refractivity contribution is 7.89. The molecule has 1 saturated heterocycles. The molecule has 0 bridgehead atoms. The van der Waals surface area contributed by atoms with Gasteiger partial charge in [-0.25, -0.2) is 0 Å². The Morgan fingerprint density at radius 3 is 2.09 bits per heavy atom. The van der Waals surface area contributed by atoms with Gasteiger partial charge in [-0.1, -0.05) is 13.8 Å². The predicted octanol–water partition coefficient (Wildman–Crippen LogP) is 3.87. The van der Waals surface area contributed by atoms with Crippen molar-refractivity contribution >= 4 is 12.3 Å². The minimum atomic E-state index is 0.283. The highest BCUT2D eigenvalue weighted by Crippen LogP contribution is 2.40. The molecule has 0 aliphatic carbocycles. The third kappa shape index (κ3) is 4.69. The van der Waals surface area contributed by atoms with Crippen LogP contribution < -0.4 is 13.7 Å². The summed E-state index contributed by atoms with van der Waals surface area (Å²) < 4.78 is 24.6. The molecule has 5 nitrogen and oxygen atoms in total. The SMILES string of the molecule is CC.COc1cc(CC(C)N2CCC2)cc(OC)c1OSO. The Labute approximate surface area is 138 Å². The average Bonchev–Trinajstić information content (AvgIpc) is 2.48. The summed E-state index contributed by atoms with van der Waals surface area (Å²) in [7, 11) is 3.15. The maximum Gasteiger partial charge on any atom is 0.223 e. The number of hydrogen-bond donors (Lipinski definition) is 1. The van der Waals surface area contributed by atoms with Gasteiger partial charge in [-0.3, -0.25) is 4.55 Å². The molecule has 1 aliphatic heterocycles. The molecule has 22 heavy (non-hydrogen) atoms. The van der Waals surface area contributed by atoms with E-state index >= 15 is 0 Å². The van der Waals surface area contributed by atoms with Crippen LogP contribution in [0.3, 0.4) is 0 Å². The zero-order valence-electron chi connectivity index (χ0n) is 14.1. The predicted molar refractivity (Wildman–Crippen MR) is 91.1 cm³/mol. The molecule has 1 atom stereocenters. The van der Waals surface area contributed by atoms with Gasteiger partial charge in [-0.2, -0.15) is 0 Å². The second-order valence-electron chi connectivity index (χ2n) is 4.93. The second kappa shape index (κ2) is 9.82. The van der Waals surface area contributed by atoms with Crippen LogP contribution in [0, 0.1) is 0 Å². The third-order valence-corrected chi connectivity index (χ3v) is 3.93. The molecule has 1 aromatic rings. The first kappa shape index (κ1) is 18.9. The first-order valence-corrected chi connectivity index (χ1v) is 8.36. The average molecular weight is 329 g/mol. The summed E-state index contributed by atoms with van der Waals surface area (Å²) in [6, 6.07) is 4.37. The van der Waals surface area contributed by atoms with Crippen molar-refractivity contribution in [3.63, 3.8) is 0 Å². The fraction of sp³-hybridized carbons (Fsp3) is 0.625. The molecule has 1 unspecified atom stereocenters.